The first-order valence-corrected chi connectivity index (χ1v) is 6.44. The van der Waals surface area contributed by atoms with Crippen LogP contribution in [0.25, 0.3) is 6.08 Å². The molecule has 0 fully saturated rings. The average molecular weight is 298 g/mol. The Morgan fingerprint density at radius 1 is 1.00 bits per heavy atom. The molecule has 0 unspecified atom stereocenters. The number of hydrogen-bond acceptors (Lipinski definition) is 4. The molecular formula is C17H14O5. The monoisotopic (exact) mass is 298 g/mol. The van der Waals surface area contributed by atoms with Gasteiger partial charge < -0.3 is 14.9 Å². The maximum Gasteiger partial charge on any atom is 0.336 e. The first kappa shape index (κ1) is 15.3. The lowest BCUT2D eigenvalue weighted by Gasteiger charge is -2.07. The van der Waals surface area contributed by atoms with Crippen LogP contribution in [0.1, 0.15) is 26.3 Å². The molecule has 0 aliphatic carbocycles. The molecule has 2 aromatic rings. The van der Waals surface area contributed by atoms with Crippen molar-refractivity contribution < 1.29 is 24.5 Å². The average Bonchev–Trinajstić information content (AvgIpc) is 2.54. The highest BCUT2D eigenvalue weighted by atomic mass is 16.5. The van der Waals surface area contributed by atoms with Gasteiger partial charge in [-0.25, -0.2) is 4.79 Å². The molecule has 22 heavy (non-hydrogen) atoms. The number of carbonyl (C=O) groups is 2. The van der Waals surface area contributed by atoms with Gasteiger partial charge in [0.1, 0.15) is 5.75 Å². The summed E-state index contributed by atoms with van der Waals surface area (Å²) in [4.78, 5) is 23.5. The second-order valence-electron chi connectivity index (χ2n) is 4.49. The molecule has 2 N–H and O–H groups in total. The SMILES string of the molecule is COc1ccc(C(=O)/C(O)=C/c2ccccc2)c(C(=O)O)c1. The lowest BCUT2D eigenvalue weighted by atomic mass is 10.0. The van der Waals surface area contributed by atoms with Crippen LogP contribution >= 0.6 is 0 Å². The summed E-state index contributed by atoms with van der Waals surface area (Å²) < 4.78 is 4.94. The van der Waals surface area contributed by atoms with Crippen LogP contribution in [0.5, 0.6) is 5.75 Å². The molecule has 0 spiro atoms. The van der Waals surface area contributed by atoms with Gasteiger partial charge in [-0.1, -0.05) is 30.3 Å². The van der Waals surface area contributed by atoms with Gasteiger partial charge in [0.15, 0.2) is 5.76 Å². The van der Waals surface area contributed by atoms with E-state index in [4.69, 9.17) is 4.74 Å². The van der Waals surface area contributed by atoms with Crippen molar-refractivity contribution in [3.05, 3.63) is 71.0 Å². The largest absolute Gasteiger partial charge is 0.504 e. The number of allylic oxidation sites excluding steroid dienone is 1. The lowest BCUT2D eigenvalue weighted by Crippen LogP contribution is -2.11. The van der Waals surface area contributed by atoms with E-state index in [1.54, 1.807) is 24.3 Å². The van der Waals surface area contributed by atoms with E-state index in [1.165, 1.54) is 31.4 Å². The number of benzene rings is 2. The molecule has 2 rings (SSSR count). The summed E-state index contributed by atoms with van der Waals surface area (Å²) in [5, 5.41) is 19.1. The van der Waals surface area contributed by atoms with Gasteiger partial charge in [-0.15, -0.1) is 0 Å². The highest BCUT2D eigenvalue weighted by Gasteiger charge is 2.20. The number of aliphatic hydroxyl groups excluding tert-OH is 1. The molecule has 0 saturated carbocycles. The van der Waals surface area contributed by atoms with E-state index in [1.807, 2.05) is 6.07 Å². The minimum Gasteiger partial charge on any atom is -0.504 e. The Kier molecular flexibility index (Phi) is 4.58. The Morgan fingerprint density at radius 3 is 2.27 bits per heavy atom. The quantitative estimate of drug-likeness (QED) is 0.503. The van der Waals surface area contributed by atoms with E-state index in [2.05, 4.69) is 0 Å². The van der Waals surface area contributed by atoms with Gasteiger partial charge in [0.25, 0.3) is 0 Å². The van der Waals surface area contributed by atoms with Crippen LogP contribution < -0.4 is 4.74 Å². The lowest BCUT2D eigenvalue weighted by molar-refractivity contribution is 0.0691. The fraction of sp³-hybridized carbons (Fsp3) is 0.0588. The van der Waals surface area contributed by atoms with Crippen LogP contribution in [0.2, 0.25) is 0 Å². The number of rotatable bonds is 5. The molecule has 0 amide bonds. The van der Waals surface area contributed by atoms with Gasteiger partial charge in [0, 0.05) is 5.56 Å². The molecular weight excluding hydrogens is 284 g/mol. The molecule has 5 heteroatoms. The zero-order valence-corrected chi connectivity index (χ0v) is 11.8. The van der Waals surface area contributed by atoms with Gasteiger partial charge in [-0.2, -0.15) is 0 Å². The number of ether oxygens (including phenoxy) is 1. The molecule has 112 valence electrons. The molecule has 0 saturated heterocycles. The number of aliphatic hydroxyl groups is 1. The van der Waals surface area contributed by atoms with Crippen LogP contribution in [-0.2, 0) is 0 Å². The first-order valence-electron chi connectivity index (χ1n) is 6.44. The number of carboxylic acids is 1. The number of carbonyl (C=O) groups excluding carboxylic acids is 1. The van der Waals surface area contributed by atoms with Gasteiger partial charge in [0.2, 0.25) is 5.78 Å². The number of Topliss-reactive ketones (excluding diaryl/α,β-unsaturated/α-hetero) is 1. The van der Waals surface area contributed by atoms with Crippen molar-refractivity contribution in [1.82, 2.24) is 0 Å². The molecule has 0 aromatic heterocycles. The van der Waals surface area contributed by atoms with Gasteiger partial charge in [-0.05, 0) is 29.8 Å². The molecule has 2 aromatic carbocycles. The Morgan fingerprint density at radius 2 is 1.68 bits per heavy atom. The summed E-state index contributed by atoms with van der Waals surface area (Å²) in [6.45, 7) is 0. The van der Waals surface area contributed by atoms with Crippen molar-refractivity contribution in [2.45, 2.75) is 0 Å². The van der Waals surface area contributed by atoms with E-state index in [0.717, 1.165) is 0 Å². The predicted octanol–water partition coefficient (Wildman–Crippen LogP) is 3.18. The minimum atomic E-state index is -1.27. The molecule has 5 nitrogen and oxygen atoms in total. The normalized spacial score (nSPS) is 11.0. The Bertz CT molecular complexity index is 732. The van der Waals surface area contributed by atoms with Crippen molar-refractivity contribution in [1.29, 1.82) is 0 Å². The standard InChI is InChI=1S/C17H14O5/c1-22-12-7-8-13(14(10-12)17(20)21)16(19)15(18)9-11-5-3-2-4-6-11/h2-10,18H,1H3,(H,20,21)/b15-9-. The summed E-state index contributed by atoms with van der Waals surface area (Å²) in [6, 6.07) is 12.8. The summed E-state index contributed by atoms with van der Waals surface area (Å²) in [7, 11) is 1.40. The van der Waals surface area contributed by atoms with E-state index in [9.17, 15) is 19.8 Å². The topological polar surface area (TPSA) is 83.8 Å². The maximum absolute atomic E-state index is 12.3. The number of carboxylic acid groups (broad SMARTS) is 1. The number of methoxy groups -OCH3 is 1. The summed E-state index contributed by atoms with van der Waals surface area (Å²) in [5.74, 6) is -2.24. The van der Waals surface area contributed by atoms with Crippen molar-refractivity contribution in [2.24, 2.45) is 0 Å². The second kappa shape index (κ2) is 6.58. The Labute approximate surface area is 127 Å². The van der Waals surface area contributed by atoms with Gasteiger partial charge >= 0.3 is 5.97 Å². The van der Waals surface area contributed by atoms with Crippen LogP contribution in [0.3, 0.4) is 0 Å². The summed E-state index contributed by atoms with van der Waals surface area (Å²) in [6.07, 6.45) is 1.29. The van der Waals surface area contributed by atoms with Gasteiger partial charge in [0.05, 0.1) is 12.7 Å². The zero-order valence-electron chi connectivity index (χ0n) is 11.8. The third-order valence-corrected chi connectivity index (χ3v) is 3.04. The fourth-order valence-corrected chi connectivity index (χ4v) is 1.94. The Balaban J connectivity index is 2.41. The first-order chi connectivity index (χ1) is 10.5. The maximum atomic E-state index is 12.3. The molecule has 0 aliphatic rings. The summed E-state index contributed by atoms with van der Waals surface area (Å²) in [5.41, 5.74) is 0.314. The minimum absolute atomic E-state index is 0.0991. The second-order valence-corrected chi connectivity index (χ2v) is 4.49. The van der Waals surface area contributed by atoms with Crippen LogP contribution in [0.4, 0.5) is 0 Å². The van der Waals surface area contributed by atoms with Crippen molar-refractivity contribution >= 4 is 17.8 Å². The van der Waals surface area contributed by atoms with E-state index < -0.39 is 17.5 Å². The third-order valence-electron chi connectivity index (χ3n) is 3.04. The van der Waals surface area contributed by atoms with Crippen LogP contribution in [0.15, 0.2) is 54.3 Å². The van der Waals surface area contributed by atoms with Crippen molar-refractivity contribution in [2.75, 3.05) is 7.11 Å². The van der Waals surface area contributed by atoms with Crippen LogP contribution in [0, 0.1) is 0 Å². The highest BCUT2D eigenvalue weighted by molar-refractivity contribution is 6.14. The fourth-order valence-electron chi connectivity index (χ4n) is 1.94. The predicted molar refractivity (Wildman–Crippen MR) is 81.3 cm³/mol. The molecule has 0 atom stereocenters. The zero-order chi connectivity index (χ0) is 16.1. The number of hydrogen-bond donors (Lipinski definition) is 2. The highest BCUT2D eigenvalue weighted by Crippen LogP contribution is 2.21. The number of aromatic carboxylic acids is 1. The number of ketones is 1. The van der Waals surface area contributed by atoms with Gasteiger partial charge in [-0.3, -0.25) is 4.79 Å². The molecule has 0 heterocycles. The van der Waals surface area contributed by atoms with Crippen molar-refractivity contribution in [3.8, 4) is 5.75 Å². The van der Waals surface area contributed by atoms with E-state index in [-0.39, 0.29) is 11.1 Å². The van der Waals surface area contributed by atoms with E-state index >= 15 is 0 Å². The smallest absolute Gasteiger partial charge is 0.336 e. The van der Waals surface area contributed by atoms with Crippen molar-refractivity contribution in [3.63, 3.8) is 0 Å². The Hall–Kier alpha value is -3.08. The molecule has 0 bridgehead atoms. The van der Waals surface area contributed by atoms with E-state index in [0.29, 0.717) is 11.3 Å². The summed E-state index contributed by atoms with van der Waals surface area (Å²) >= 11 is 0. The third kappa shape index (κ3) is 3.32. The van der Waals surface area contributed by atoms with Crippen LogP contribution in [-0.4, -0.2) is 29.1 Å². The molecule has 0 radical (unpaired) electrons. The molecule has 0 aliphatic heterocycles.